The van der Waals surface area contributed by atoms with Crippen molar-refractivity contribution in [3.63, 3.8) is 0 Å². The monoisotopic (exact) mass is 448 g/mol. The van der Waals surface area contributed by atoms with Crippen molar-refractivity contribution in [1.82, 2.24) is 14.8 Å². The number of carbonyl (C=O) groups is 3. The number of hydrogen-bond donors (Lipinski definition) is 0. The molecule has 3 aromatic rings. The van der Waals surface area contributed by atoms with E-state index in [1.165, 1.54) is 44.1 Å². The van der Waals surface area contributed by atoms with Crippen molar-refractivity contribution < 1.29 is 19.3 Å². The average Bonchev–Trinajstić information content (AvgIpc) is 2.80. The second-order valence-electron chi connectivity index (χ2n) is 6.98. The highest BCUT2D eigenvalue weighted by atomic mass is 32.2. The molecule has 160 valence electrons. The minimum absolute atomic E-state index is 0.189. The van der Waals surface area contributed by atoms with Crippen LogP contribution in [0.5, 0.6) is 0 Å². The number of non-ortho nitro benzene ring substituents is 1. The molecule has 4 rings (SSSR count). The van der Waals surface area contributed by atoms with Gasteiger partial charge >= 0.3 is 6.03 Å². The number of amides is 4. The van der Waals surface area contributed by atoms with Crippen LogP contribution < -0.4 is 0 Å². The van der Waals surface area contributed by atoms with Crippen molar-refractivity contribution in [2.75, 3.05) is 14.1 Å². The zero-order valence-electron chi connectivity index (χ0n) is 17.0. The van der Waals surface area contributed by atoms with E-state index in [9.17, 15) is 24.5 Å². The van der Waals surface area contributed by atoms with E-state index in [0.717, 1.165) is 25.6 Å². The molecule has 9 nitrogen and oxygen atoms in total. The number of barbiturate groups is 1. The third-order valence-corrected chi connectivity index (χ3v) is 6.10. The van der Waals surface area contributed by atoms with Crippen LogP contribution in [0.3, 0.4) is 0 Å². The van der Waals surface area contributed by atoms with E-state index >= 15 is 0 Å². The van der Waals surface area contributed by atoms with Gasteiger partial charge in [-0.25, -0.2) is 4.79 Å². The van der Waals surface area contributed by atoms with Gasteiger partial charge in [-0.15, -0.1) is 0 Å². The molecule has 10 heteroatoms. The number of carbonyl (C=O) groups excluding carboxylic acids is 3. The fraction of sp³-hybridized carbons (Fsp3) is 0.0909. The molecular weight excluding hydrogens is 432 g/mol. The Kier molecular flexibility index (Phi) is 5.45. The molecule has 0 aliphatic carbocycles. The molecule has 0 atom stereocenters. The van der Waals surface area contributed by atoms with Crippen LogP contribution in [0.1, 0.15) is 5.56 Å². The van der Waals surface area contributed by atoms with Crippen LogP contribution in [0.2, 0.25) is 0 Å². The van der Waals surface area contributed by atoms with Gasteiger partial charge in [-0.05, 0) is 29.8 Å². The molecule has 0 spiro atoms. The summed E-state index contributed by atoms with van der Waals surface area (Å²) in [5.74, 6) is -1.54. The Labute approximate surface area is 186 Å². The number of hydrogen-bond acceptors (Lipinski definition) is 7. The third kappa shape index (κ3) is 3.71. The Morgan fingerprint density at radius 2 is 1.66 bits per heavy atom. The number of likely N-dealkylation sites (N-methyl/N-ethyl adjacent to an activating group) is 2. The van der Waals surface area contributed by atoms with Gasteiger partial charge in [-0.3, -0.25) is 34.5 Å². The molecular formula is C22H16N4O5S. The Morgan fingerprint density at radius 1 is 0.969 bits per heavy atom. The molecule has 4 amide bonds. The number of nitrogens with zero attached hydrogens (tertiary/aromatic N) is 4. The summed E-state index contributed by atoms with van der Waals surface area (Å²) < 4.78 is 0. The first-order chi connectivity index (χ1) is 15.3. The van der Waals surface area contributed by atoms with E-state index < -0.39 is 22.8 Å². The van der Waals surface area contributed by atoms with Gasteiger partial charge < -0.3 is 0 Å². The average molecular weight is 448 g/mol. The number of fused-ring (bicyclic) bond motifs is 1. The predicted molar refractivity (Wildman–Crippen MR) is 118 cm³/mol. The van der Waals surface area contributed by atoms with Gasteiger partial charge in [0.05, 0.1) is 10.4 Å². The van der Waals surface area contributed by atoms with Crippen molar-refractivity contribution in [2.24, 2.45) is 0 Å². The van der Waals surface area contributed by atoms with Gasteiger partial charge in [0.2, 0.25) is 0 Å². The number of rotatable bonds is 4. The van der Waals surface area contributed by atoms with E-state index in [1.54, 1.807) is 12.3 Å². The van der Waals surface area contributed by atoms with Crippen molar-refractivity contribution >= 4 is 52.3 Å². The SMILES string of the molecule is CN1C(=O)C(=Cc2cc([N+](=O)[O-])ccc2Sc2cccc3cccnc23)C(=O)N(C)C1=O. The number of nitro groups is 1. The maximum Gasteiger partial charge on any atom is 0.333 e. The molecule has 1 aromatic heterocycles. The van der Waals surface area contributed by atoms with Crippen LogP contribution in [-0.4, -0.2) is 51.6 Å². The first kappa shape index (κ1) is 21.2. The Hall–Kier alpha value is -4.05. The largest absolute Gasteiger partial charge is 0.333 e. The summed E-state index contributed by atoms with van der Waals surface area (Å²) in [5.41, 5.74) is 0.621. The van der Waals surface area contributed by atoms with Crippen LogP contribution in [-0.2, 0) is 9.59 Å². The van der Waals surface area contributed by atoms with Crippen molar-refractivity contribution in [1.29, 1.82) is 0 Å². The first-order valence-electron chi connectivity index (χ1n) is 9.39. The van der Waals surface area contributed by atoms with E-state index in [-0.39, 0.29) is 11.3 Å². The summed E-state index contributed by atoms with van der Waals surface area (Å²) in [6.07, 6.45) is 2.96. The standard InChI is InChI=1S/C22H16N4O5S/c1-24-20(27)16(21(28)25(2)22(24)29)12-14-11-15(26(30)31)8-9-17(14)32-18-7-3-5-13-6-4-10-23-19(13)18/h3-12H,1-2H3. The molecule has 1 saturated heterocycles. The normalized spacial score (nSPS) is 14.3. The second kappa shape index (κ2) is 8.23. The molecule has 32 heavy (non-hydrogen) atoms. The van der Waals surface area contributed by atoms with Gasteiger partial charge in [-0.2, -0.15) is 0 Å². The number of nitro benzene ring substituents is 1. The number of urea groups is 1. The molecule has 0 saturated carbocycles. The van der Waals surface area contributed by atoms with Crippen LogP contribution in [0.4, 0.5) is 10.5 Å². The van der Waals surface area contributed by atoms with Crippen molar-refractivity contribution in [3.8, 4) is 0 Å². The summed E-state index contributed by atoms with van der Waals surface area (Å²) >= 11 is 1.31. The lowest BCUT2D eigenvalue weighted by Crippen LogP contribution is -2.52. The summed E-state index contributed by atoms with van der Waals surface area (Å²) in [6, 6.07) is 12.9. The molecule has 0 N–H and O–H groups in total. The van der Waals surface area contributed by atoms with E-state index in [0.29, 0.717) is 10.5 Å². The fourth-order valence-electron chi connectivity index (χ4n) is 3.26. The third-order valence-electron chi connectivity index (χ3n) is 4.96. The predicted octanol–water partition coefficient (Wildman–Crippen LogP) is 3.73. The maximum atomic E-state index is 12.6. The quantitative estimate of drug-likeness (QED) is 0.259. The summed E-state index contributed by atoms with van der Waals surface area (Å²) in [7, 11) is 2.54. The topological polar surface area (TPSA) is 114 Å². The molecule has 1 aliphatic rings. The zero-order valence-corrected chi connectivity index (χ0v) is 17.8. The van der Waals surface area contributed by atoms with Crippen LogP contribution in [0, 0.1) is 10.1 Å². The number of para-hydroxylation sites is 1. The smallest absolute Gasteiger partial charge is 0.268 e. The minimum atomic E-state index is -0.771. The Morgan fingerprint density at radius 3 is 2.34 bits per heavy atom. The molecule has 0 radical (unpaired) electrons. The van der Waals surface area contributed by atoms with Crippen molar-refractivity contribution in [3.05, 3.63) is 76.0 Å². The first-order valence-corrected chi connectivity index (χ1v) is 10.2. The van der Waals surface area contributed by atoms with Gasteiger partial charge in [0.15, 0.2) is 0 Å². The molecule has 0 bridgehead atoms. The minimum Gasteiger partial charge on any atom is -0.268 e. The maximum absolute atomic E-state index is 12.6. The molecule has 0 unspecified atom stereocenters. The van der Waals surface area contributed by atoms with Crippen LogP contribution in [0.15, 0.2) is 70.1 Å². The van der Waals surface area contributed by atoms with E-state index in [4.69, 9.17) is 0 Å². The Bertz CT molecular complexity index is 1310. The fourth-order valence-corrected chi connectivity index (χ4v) is 4.29. The molecule has 1 fully saturated rings. The number of pyridine rings is 1. The zero-order chi connectivity index (χ0) is 23.0. The van der Waals surface area contributed by atoms with E-state index in [2.05, 4.69) is 4.98 Å². The highest BCUT2D eigenvalue weighted by Gasteiger charge is 2.38. The number of imide groups is 2. The summed E-state index contributed by atoms with van der Waals surface area (Å²) in [6.45, 7) is 0. The highest BCUT2D eigenvalue weighted by Crippen LogP contribution is 2.37. The van der Waals surface area contributed by atoms with Gasteiger partial charge in [0.1, 0.15) is 5.57 Å². The van der Waals surface area contributed by atoms with Gasteiger partial charge in [-0.1, -0.05) is 30.0 Å². The lowest BCUT2D eigenvalue weighted by atomic mass is 10.1. The lowest BCUT2D eigenvalue weighted by Gasteiger charge is -2.29. The number of aromatic nitrogens is 1. The van der Waals surface area contributed by atoms with E-state index in [1.807, 2.05) is 30.3 Å². The van der Waals surface area contributed by atoms with Gasteiger partial charge in [0.25, 0.3) is 17.5 Å². The summed E-state index contributed by atoms with van der Waals surface area (Å²) in [5, 5.41) is 12.3. The van der Waals surface area contributed by atoms with Crippen LogP contribution in [0.25, 0.3) is 17.0 Å². The lowest BCUT2D eigenvalue weighted by molar-refractivity contribution is -0.384. The molecule has 2 heterocycles. The van der Waals surface area contributed by atoms with Crippen LogP contribution >= 0.6 is 11.8 Å². The second-order valence-corrected chi connectivity index (χ2v) is 8.07. The molecule has 2 aromatic carbocycles. The van der Waals surface area contributed by atoms with Crippen molar-refractivity contribution in [2.45, 2.75) is 9.79 Å². The summed E-state index contributed by atoms with van der Waals surface area (Å²) in [4.78, 5) is 55.4. The molecule has 1 aliphatic heterocycles. The number of benzene rings is 2. The van der Waals surface area contributed by atoms with Gasteiger partial charge in [0, 0.05) is 47.6 Å². The Balaban J connectivity index is 1.84. The highest BCUT2D eigenvalue weighted by molar-refractivity contribution is 7.99.